The molecule has 0 bridgehead atoms. The van der Waals surface area contributed by atoms with Crippen molar-refractivity contribution >= 4 is 15.9 Å². The third-order valence-corrected chi connectivity index (χ3v) is 2.63. The van der Waals surface area contributed by atoms with Gasteiger partial charge in [0.2, 0.25) is 0 Å². The van der Waals surface area contributed by atoms with E-state index < -0.39 is 0 Å². The first-order valence-corrected chi connectivity index (χ1v) is 5.01. The summed E-state index contributed by atoms with van der Waals surface area (Å²) < 4.78 is 2.54. The molecule has 1 aromatic heterocycles. The average Bonchev–Trinajstić information content (AvgIpc) is 2.61. The van der Waals surface area contributed by atoms with Crippen molar-refractivity contribution in [3.8, 4) is 5.69 Å². The molecule has 0 atom stereocenters. The van der Waals surface area contributed by atoms with E-state index in [1.165, 1.54) is 0 Å². The molecule has 0 saturated carbocycles. The predicted molar refractivity (Wildman–Crippen MR) is 57.2 cm³/mol. The Bertz CT molecular complexity index is 425. The van der Waals surface area contributed by atoms with Crippen molar-refractivity contribution in [3.05, 3.63) is 46.7 Å². The fourth-order valence-electron chi connectivity index (χ4n) is 1.29. The Kier molecular flexibility index (Phi) is 2.65. The second kappa shape index (κ2) is 3.94. The van der Waals surface area contributed by atoms with E-state index in [-0.39, 0.29) is 6.61 Å². The molecule has 1 N–H and O–H groups in total. The molecule has 4 heteroatoms. The number of aliphatic hydroxyl groups is 1. The highest BCUT2D eigenvalue weighted by atomic mass is 79.9. The minimum Gasteiger partial charge on any atom is -0.390 e. The monoisotopic (exact) mass is 252 g/mol. The minimum atomic E-state index is -0.0323. The molecule has 14 heavy (non-hydrogen) atoms. The van der Waals surface area contributed by atoms with Crippen molar-refractivity contribution in [2.45, 2.75) is 6.61 Å². The number of benzene rings is 1. The van der Waals surface area contributed by atoms with Crippen LogP contribution in [0, 0.1) is 0 Å². The lowest BCUT2D eigenvalue weighted by molar-refractivity contribution is 0.272. The number of nitrogens with zero attached hydrogens (tertiary/aromatic N) is 2. The number of hydrogen-bond donors (Lipinski definition) is 1. The highest BCUT2D eigenvalue weighted by molar-refractivity contribution is 9.10. The van der Waals surface area contributed by atoms with Crippen LogP contribution in [0.2, 0.25) is 0 Å². The molecule has 2 rings (SSSR count). The maximum Gasteiger partial charge on any atom is 0.0865 e. The van der Waals surface area contributed by atoms with Crippen molar-refractivity contribution in [3.63, 3.8) is 0 Å². The molecule has 0 aliphatic carbocycles. The van der Waals surface area contributed by atoms with E-state index in [1.54, 1.807) is 10.9 Å². The third kappa shape index (κ3) is 1.58. The van der Waals surface area contributed by atoms with E-state index in [0.29, 0.717) is 0 Å². The van der Waals surface area contributed by atoms with Crippen LogP contribution in [-0.2, 0) is 6.61 Å². The maximum absolute atomic E-state index is 9.16. The summed E-state index contributed by atoms with van der Waals surface area (Å²) in [5.41, 5.74) is 1.71. The predicted octanol–water partition coefficient (Wildman–Crippen LogP) is 2.13. The molecule has 0 radical (unpaired) electrons. The molecular formula is C10H9BrN2O. The molecule has 0 unspecified atom stereocenters. The van der Waals surface area contributed by atoms with E-state index >= 15 is 0 Å². The van der Waals surface area contributed by atoms with Crippen LogP contribution in [0.3, 0.4) is 0 Å². The highest BCUT2D eigenvalue weighted by Crippen LogP contribution is 2.19. The quantitative estimate of drug-likeness (QED) is 0.890. The van der Waals surface area contributed by atoms with Crippen molar-refractivity contribution in [1.29, 1.82) is 0 Å². The fraction of sp³-hybridized carbons (Fsp3) is 0.100. The summed E-state index contributed by atoms with van der Waals surface area (Å²) in [7, 11) is 0. The summed E-state index contributed by atoms with van der Waals surface area (Å²) in [6, 6.07) is 9.70. The maximum atomic E-state index is 9.16. The number of rotatable bonds is 2. The normalized spacial score (nSPS) is 10.4. The Hall–Kier alpha value is -1.13. The first-order chi connectivity index (χ1) is 6.83. The van der Waals surface area contributed by atoms with Gasteiger partial charge in [-0.2, -0.15) is 5.10 Å². The van der Waals surface area contributed by atoms with Gasteiger partial charge in [-0.25, -0.2) is 4.68 Å². The van der Waals surface area contributed by atoms with Gasteiger partial charge in [0.1, 0.15) is 0 Å². The Balaban J connectivity index is 2.52. The van der Waals surface area contributed by atoms with Gasteiger partial charge in [0.25, 0.3) is 0 Å². The number of aromatic nitrogens is 2. The molecule has 72 valence electrons. The van der Waals surface area contributed by atoms with Crippen LogP contribution < -0.4 is 0 Å². The van der Waals surface area contributed by atoms with Gasteiger partial charge in [-0.05, 0) is 28.1 Å². The van der Waals surface area contributed by atoms with Crippen LogP contribution in [0.1, 0.15) is 5.69 Å². The van der Waals surface area contributed by atoms with Crippen LogP contribution >= 0.6 is 15.9 Å². The Morgan fingerprint density at radius 3 is 2.64 bits per heavy atom. The fourth-order valence-corrected chi connectivity index (χ4v) is 1.67. The van der Waals surface area contributed by atoms with Gasteiger partial charge >= 0.3 is 0 Å². The highest BCUT2D eigenvalue weighted by Gasteiger charge is 2.08. The first kappa shape index (κ1) is 9.43. The molecule has 0 amide bonds. The van der Waals surface area contributed by atoms with Gasteiger partial charge in [-0.1, -0.05) is 18.2 Å². The van der Waals surface area contributed by atoms with Crippen LogP contribution in [0.5, 0.6) is 0 Å². The Labute approximate surface area is 90.1 Å². The van der Waals surface area contributed by atoms with Gasteiger partial charge in [-0.3, -0.25) is 0 Å². The molecule has 0 spiro atoms. The summed E-state index contributed by atoms with van der Waals surface area (Å²) in [5.74, 6) is 0. The molecule has 1 heterocycles. The van der Waals surface area contributed by atoms with Crippen molar-refractivity contribution in [2.75, 3.05) is 0 Å². The molecule has 0 aliphatic rings. The molecule has 2 aromatic rings. The smallest absolute Gasteiger partial charge is 0.0865 e. The van der Waals surface area contributed by atoms with E-state index in [9.17, 15) is 0 Å². The first-order valence-electron chi connectivity index (χ1n) is 4.21. The van der Waals surface area contributed by atoms with Gasteiger partial charge in [0.15, 0.2) is 0 Å². The lowest BCUT2D eigenvalue weighted by Crippen LogP contribution is -2.01. The largest absolute Gasteiger partial charge is 0.390 e. The van der Waals surface area contributed by atoms with E-state index in [4.69, 9.17) is 5.11 Å². The zero-order chi connectivity index (χ0) is 9.97. The topological polar surface area (TPSA) is 38.1 Å². The average molecular weight is 253 g/mol. The second-order valence-corrected chi connectivity index (χ2v) is 3.70. The van der Waals surface area contributed by atoms with E-state index in [1.807, 2.05) is 30.3 Å². The summed E-state index contributed by atoms with van der Waals surface area (Å²) in [6.45, 7) is -0.0323. The molecule has 1 aromatic carbocycles. The van der Waals surface area contributed by atoms with E-state index in [2.05, 4.69) is 21.0 Å². The molecule has 0 saturated heterocycles. The number of hydrogen-bond acceptors (Lipinski definition) is 2. The summed E-state index contributed by atoms with van der Waals surface area (Å²) in [5, 5.41) is 13.3. The lowest BCUT2D eigenvalue weighted by atomic mass is 10.3. The number of aliphatic hydroxyl groups excluding tert-OH is 1. The summed E-state index contributed by atoms with van der Waals surface area (Å²) in [6.07, 6.45) is 1.68. The molecule has 0 fully saturated rings. The number of para-hydroxylation sites is 1. The van der Waals surface area contributed by atoms with Crippen LogP contribution in [0.25, 0.3) is 5.69 Å². The standard InChI is InChI=1S/C10H9BrN2O/c11-9-6-12-13(10(9)7-14)8-4-2-1-3-5-8/h1-6,14H,7H2. The lowest BCUT2D eigenvalue weighted by Gasteiger charge is -2.04. The van der Waals surface area contributed by atoms with Crippen molar-refractivity contribution in [1.82, 2.24) is 9.78 Å². The van der Waals surface area contributed by atoms with Crippen LogP contribution in [0.15, 0.2) is 41.0 Å². The Morgan fingerprint density at radius 1 is 1.29 bits per heavy atom. The van der Waals surface area contributed by atoms with Gasteiger partial charge in [0.05, 0.1) is 28.7 Å². The van der Waals surface area contributed by atoms with Crippen LogP contribution in [0.4, 0.5) is 0 Å². The summed E-state index contributed by atoms with van der Waals surface area (Å²) in [4.78, 5) is 0. The zero-order valence-electron chi connectivity index (χ0n) is 7.39. The van der Waals surface area contributed by atoms with E-state index in [0.717, 1.165) is 15.9 Å². The summed E-state index contributed by atoms with van der Waals surface area (Å²) >= 11 is 3.33. The molecule has 0 aliphatic heterocycles. The third-order valence-electron chi connectivity index (χ3n) is 1.97. The van der Waals surface area contributed by atoms with Crippen LogP contribution in [-0.4, -0.2) is 14.9 Å². The molecule has 3 nitrogen and oxygen atoms in total. The molecular weight excluding hydrogens is 244 g/mol. The number of halogens is 1. The van der Waals surface area contributed by atoms with Gasteiger partial charge in [-0.15, -0.1) is 0 Å². The second-order valence-electron chi connectivity index (χ2n) is 2.84. The van der Waals surface area contributed by atoms with Crippen molar-refractivity contribution in [2.24, 2.45) is 0 Å². The Morgan fingerprint density at radius 2 is 2.00 bits per heavy atom. The van der Waals surface area contributed by atoms with Gasteiger partial charge in [0, 0.05) is 0 Å². The zero-order valence-corrected chi connectivity index (χ0v) is 8.98. The SMILES string of the molecule is OCc1c(Br)cnn1-c1ccccc1. The minimum absolute atomic E-state index is 0.0323. The van der Waals surface area contributed by atoms with Crippen molar-refractivity contribution < 1.29 is 5.11 Å². The van der Waals surface area contributed by atoms with Gasteiger partial charge < -0.3 is 5.11 Å².